The molecule has 0 aromatic heterocycles. The van der Waals surface area contributed by atoms with Crippen LogP contribution in [0.1, 0.15) is 53.6 Å². The topological polar surface area (TPSA) is 20.3 Å². The molecule has 0 radical (unpaired) electrons. The third kappa shape index (κ3) is 5.54. The molecule has 0 spiro atoms. The molecule has 2 heteroatoms. The Labute approximate surface area is 151 Å². The molecular weight excluding hydrogens is 306 g/mol. The maximum absolute atomic E-state index is 12.2. The molecule has 0 amide bonds. The lowest BCUT2D eigenvalue weighted by atomic mass is 9.97. The standard InChI is InChI=1S/C23H29NO/c25-23(22-12-2-1-3-13-22)16-8-14-20-10-4-5-11-21(20)15-9-19-24-17-6-7-18-24/h1-5,10-13H,6-9,14-19H2. The maximum atomic E-state index is 12.2. The molecule has 1 aliphatic heterocycles. The van der Waals surface area contributed by atoms with Crippen molar-refractivity contribution in [2.45, 2.75) is 44.9 Å². The number of rotatable bonds is 9. The van der Waals surface area contributed by atoms with Crippen LogP contribution < -0.4 is 0 Å². The minimum absolute atomic E-state index is 0.257. The number of hydrogen-bond donors (Lipinski definition) is 0. The number of nitrogens with zero attached hydrogens (tertiary/aromatic N) is 1. The van der Waals surface area contributed by atoms with Gasteiger partial charge in [-0.25, -0.2) is 0 Å². The molecule has 2 nitrogen and oxygen atoms in total. The van der Waals surface area contributed by atoms with Crippen molar-refractivity contribution >= 4 is 5.78 Å². The van der Waals surface area contributed by atoms with Crippen molar-refractivity contribution in [3.8, 4) is 0 Å². The quantitative estimate of drug-likeness (QED) is 0.606. The van der Waals surface area contributed by atoms with Crippen molar-refractivity contribution in [1.29, 1.82) is 0 Å². The lowest BCUT2D eigenvalue weighted by Crippen LogP contribution is -2.20. The number of Topliss-reactive ketones (excluding diaryl/α,β-unsaturated/α-hetero) is 1. The predicted octanol–water partition coefficient (Wildman–Crippen LogP) is 4.92. The van der Waals surface area contributed by atoms with E-state index in [1.165, 1.54) is 50.0 Å². The molecule has 1 saturated heterocycles. The van der Waals surface area contributed by atoms with Gasteiger partial charge in [-0.15, -0.1) is 0 Å². The first-order chi connectivity index (χ1) is 12.3. The minimum atomic E-state index is 0.257. The van der Waals surface area contributed by atoms with Crippen LogP contribution in [0.3, 0.4) is 0 Å². The molecule has 0 bridgehead atoms. The Morgan fingerprint density at radius 1 is 0.800 bits per heavy atom. The molecule has 2 aromatic carbocycles. The number of likely N-dealkylation sites (tertiary alicyclic amines) is 1. The van der Waals surface area contributed by atoms with Gasteiger partial charge in [0, 0.05) is 12.0 Å². The van der Waals surface area contributed by atoms with E-state index in [0.29, 0.717) is 6.42 Å². The Kier molecular flexibility index (Phi) is 6.81. The monoisotopic (exact) mass is 335 g/mol. The van der Waals surface area contributed by atoms with Crippen molar-refractivity contribution in [2.24, 2.45) is 0 Å². The number of carbonyl (C=O) groups is 1. The van der Waals surface area contributed by atoms with Crippen LogP contribution in [0.5, 0.6) is 0 Å². The van der Waals surface area contributed by atoms with Crippen molar-refractivity contribution in [1.82, 2.24) is 4.90 Å². The Bertz CT molecular complexity index is 659. The number of hydrogen-bond acceptors (Lipinski definition) is 2. The van der Waals surface area contributed by atoms with Crippen LogP contribution in [-0.4, -0.2) is 30.3 Å². The molecule has 0 aliphatic carbocycles. The Morgan fingerprint density at radius 2 is 1.40 bits per heavy atom. The zero-order chi connectivity index (χ0) is 17.3. The third-order valence-electron chi connectivity index (χ3n) is 5.18. The lowest BCUT2D eigenvalue weighted by Gasteiger charge is -2.15. The average Bonchev–Trinajstić information content (AvgIpc) is 3.17. The van der Waals surface area contributed by atoms with Gasteiger partial charge in [-0.3, -0.25) is 4.79 Å². The van der Waals surface area contributed by atoms with E-state index in [-0.39, 0.29) is 5.78 Å². The molecule has 132 valence electrons. The molecule has 1 heterocycles. The highest BCUT2D eigenvalue weighted by molar-refractivity contribution is 5.95. The fourth-order valence-corrected chi connectivity index (χ4v) is 3.75. The Hall–Kier alpha value is -1.93. The van der Waals surface area contributed by atoms with Crippen LogP contribution in [0.4, 0.5) is 0 Å². The summed E-state index contributed by atoms with van der Waals surface area (Å²) in [5.41, 5.74) is 3.72. The summed E-state index contributed by atoms with van der Waals surface area (Å²) in [6, 6.07) is 18.4. The second kappa shape index (κ2) is 9.53. The average molecular weight is 335 g/mol. The third-order valence-corrected chi connectivity index (χ3v) is 5.18. The zero-order valence-electron chi connectivity index (χ0n) is 15.1. The molecule has 3 rings (SSSR count). The van der Waals surface area contributed by atoms with Crippen LogP contribution in [0.25, 0.3) is 0 Å². The molecule has 0 atom stereocenters. The van der Waals surface area contributed by atoms with E-state index in [1.54, 1.807) is 0 Å². The van der Waals surface area contributed by atoms with Gasteiger partial charge in [0.05, 0.1) is 0 Å². The van der Waals surface area contributed by atoms with E-state index >= 15 is 0 Å². The van der Waals surface area contributed by atoms with Gasteiger partial charge < -0.3 is 4.90 Å². The Morgan fingerprint density at radius 3 is 2.08 bits per heavy atom. The fraction of sp³-hybridized carbons (Fsp3) is 0.435. The summed E-state index contributed by atoms with van der Waals surface area (Å²) in [5, 5.41) is 0. The SMILES string of the molecule is O=C(CCCc1ccccc1CCCN1CCCC1)c1ccccc1. The van der Waals surface area contributed by atoms with Crippen molar-refractivity contribution in [3.63, 3.8) is 0 Å². The summed E-state index contributed by atoms with van der Waals surface area (Å²) < 4.78 is 0. The van der Waals surface area contributed by atoms with Gasteiger partial charge in [0.2, 0.25) is 0 Å². The van der Waals surface area contributed by atoms with Crippen LogP contribution in [0, 0.1) is 0 Å². The number of carbonyl (C=O) groups excluding carboxylic acids is 1. The highest BCUT2D eigenvalue weighted by Gasteiger charge is 2.11. The molecular formula is C23H29NO. The first-order valence-corrected chi connectivity index (χ1v) is 9.70. The molecule has 25 heavy (non-hydrogen) atoms. The van der Waals surface area contributed by atoms with Crippen molar-refractivity contribution < 1.29 is 4.79 Å². The van der Waals surface area contributed by atoms with Gasteiger partial charge in [-0.05, 0) is 69.3 Å². The van der Waals surface area contributed by atoms with Gasteiger partial charge in [0.25, 0.3) is 0 Å². The van der Waals surface area contributed by atoms with Gasteiger partial charge in [-0.2, -0.15) is 0 Å². The van der Waals surface area contributed by atoms with E-state index in [1.807, 2.05) is 30.3 Å². The summed E-state index contributed by atoms with van der Waals surface area (Å²) in [6.45, 7) is 3.79. The van der Waals surface area contributed by atoms with Crippen LogP contribution >= 0.6 is 0 Å². The summed E-state index contributed by atoms with van der Waals surface area (Å²) in [4.78, 5) is 14.8. The van der Waals surface area contributed by atoms with Gasteiger partial charge in [0.15, 0.2) is 5.78 Å². The zero-order valence-corrected chi connectivity index (χ0v) is 15.1. The van der Waals surface area contributed by atoms with Crippen LogP contribution in [-0.2, 0) is 12.8 Å². The van der Waals surface area contributed by atoms with E-state index < -0.39 is 0 Å². The second-order valence-electron chi connectivity index (χ2n) is 7.06. The van der Waals surface area contributed by atoms with Crippen LogP contribution in [0.15, 0.2) is 54.6 Å². The molecule has 0 N–H and O–H groups in total. The Balaban J connectivity index is 1.46. The largest absolute Gasteiger partial charge is 0.303 e. The smallest absolute Gasteiger partial charge is 0.162 e. The summed E-state index contributed by atoms with van der Waals surface area (Å²) in [5.74, 6) is 0.257. The molecule has 0 unspecified atom stereocenters. The number of aryl methyl sites for hydroxylation is 2. The van der Waals surface area contributed by atoms with Gasteiger partial charge >= 0.3 is 0 Å². The molecule has 0 saturated carbocycles. The van der Waals surface area contributed by atoms with Gasteiger partial charge in [0.1, 0.15) is 0 Å². The first kappa shape index (κ1) is 17.9. The lowest BCUT2D eigenvalue weighted by molar-refractivity contribution is 0.0980. The molecule has 1 aliphatic rings. The maximum Gasteiger partial charge on any atom is 0.162 e. The highest BCUT2D eigenvalue weighted by atomic mass is 16.1. The number of ketones is 1. The van der Waals surface area contributed by atoms with Crippen molar-refractivity contribution in [2.75, 3.05) is 19.6 Å². The minimum Gasteiger partial charge on any atom is -0.303 e. The first-order valence-electron chi connectivity index (χ1n) is 9.70. The summed E-state index contributed by atoms with van der Waals surface area (Å²) >= 11 is 0. The fourth-order valence-electron chi connectivity index (χ4n) is 3.75. The van der Waals surface area contributed by atoms with Crippen molar-refractivity contribution in [3.05, 3.63) is 71.3 Å². The predicted molar refractivity (Wildman–Crippen MR) is 104 cm³/mol. The van der Waals surface area contributed by atoms with E-state index in [4.69, 9.17) is 0 Å². The van der Waals surface area contributed by atoms with E-state index in [0.717, 1.165) is 24.8 Å². The van der Waals surface area contributed by atoms with E-state index in [2.05, 4.69) is 29.2 Å². The molecule has 2 aromatic rings. The highest BCUT2D eigenvalue weighted by Crippen LogP contribution is 2.16. The van der Waals surface area contributed by atoms with Gasteiger partial charge in [-0.1, -0.05) is 54.6 Å². The van der Waals surface area contributed by atoms with Crippen LogP contribution in [0.2, 0.25) is 0 Å². The summed E-state index contributed by atoms with van der Waals surface area (Å²) in [6.07, 6.45) is 7.68. The normalized spacial score (nSPS) is 14.7. The number of benzene rings is 2. The second-order valence-corrected chi connectivity index (χ2v) is 7.06. The van der Waals surface area contributed by atoms with E-state index in [9.17, 15) is 4.79 Å². The summed E-state index contributed by atoms with van der Waals surface area (Å²) in [7, 11) is 0. The molecule has 1 fully saturated rings.